The van der Waals surface area contributed by atoms with Gasteiger partial charge in [0.05, 0.1) is 19.6 Å². The zero-order valence-electron chi connectivity index (χ0n) is 24.9. The van der Waals surface area contributed by atoms with Gasteiger partial charge in [0, 0.05) is 0 Å². The molecule has 0 aliphatic rings. The molecule has 0 rings (SSSR count). The molecule has 36 heavy (non-hydrogen) atoms. The molecule has 0 fully saturated rings. The minimum Gasteiger partial charge on any atom is -0.309 e. The van der Waals surface area contributed by atoms with Crippen molar-refractivity contribution in [3.05, 3.63) is 0 Å². The van der Waals surface area contributed by atoms with Crippen LogP contribution in [-0.2, 0) is 10.1 Å². The van der Waals surface area contributed by atoms with Gasteiger partial charge in [0.25, 0.3) is 0 Å². The fraction of sp³-hybridized carbons (Fsp3) is 1.00. The van der Waals surface area contributed by atoms with Gasteiger partial charge in [0.2, 0.25) is 5.88 Å². The van der Waals surface area contributed by atoms with Gasteiger partial charge in [0.15, 0.2) is 0 Å². The summed E-state index contributed by atoms with van der Waals surface area (Å²) in [6, 6.07) is 0. The summed E-state index contributed by atoms with van der Waals surface area (Å²) in [4.78, 5) is 0. The molecule has 0 atom stereocenters. The van der Waals surface area contributed by atoms with Crippen molar-refractivity contribution < 1.29 is 17.5 Å². The molecule has 0 aliphatic carbocycles. The lowest BCUT2D eigenvalue weighted by Gasteiger charge is -2.38. The summed E-state index contributed by atoms with van der Waals surface area (Å²) < 4.78 is 34.7. The molecule has 218 valence electrons. The average molecular weight is 533 g/mol. The van der Waals surface area contributed by atoms with Gasteiger partial charge >= 0.3 is 10.1 Å². The number of rotatable bonds is 29. The van der Waals surface area contributed by atoms with Crippen LogP contribution in [0.25, 0.3) is 0 Å². The van der Waals surface area contributed by atoms with E-state index in [4.69, 9.17) is 0 Å². The van der Waals surface area contributed by atoms with Crippen LogP contribution in [0.3, 0.4) is 0 Å². The smallest absolute Gasteiger partial charge is 0.309 e. The van der Waals surface area contributed by atoms with Gasteiger partial charge in [0.1, 0.15) is 0 Å². The van der Waals surface area contributed by atoms with Crippen molar-refractivity contribution in [1.82, 2.24) is 0 Å². The van der Waals surface area contributed by atoms with Crippen LogP contribution in [0, 0.1) is 0 Å². The molecule has 0 saturated heterocycles. The second kappa shape index (κ2) is 25.2. The fourth-order valence-electron chi connectivity index (χ4n) is 5.62. The van der Waals surface area contributed by atoms with Gasteiger partial charge in [-0.25, -0.2) is 0 Å². The maximum Gasteiger partial charge on any atom is 0.316 e. The number of quaternary nitrogens is 1. The SMILES string of the molecule is CCCCCCCCCC[N+](CCCCCCCCCC)(CCCCCCCCCC)CS(=O)(=O)O. The molecule has 0 radical (unpaired) electrons. The van der Waals surface area contributed by atoms with E-state index in [1.54, 1.807) is 0 Å². The minimum absolute atomic E-state index is 0.0868. The van der Waals surface area contributed by atoms with Gasteiger partial charge in [-0.05, 0) is 38.5 Å². The van der Waals surface area contributed by atoms with Gasteiger partial charge in [-0.1, -0.05) is 136 Å². The number of unbranched alkanes of at least 4 members (excludes halogenated alkanes) is 21. The standard InChI is InChI=1S/C31H65NO3S/c1-4-7-10-13-16-19-22-25-28-32(31-36(33,34)35,29-26-23-20-17-14-11-8-5-2)30-27-24-21-18-15-12-9-6-3/h4-31H2,1-3H3/p+1. The zero-order valence-corrected chi connectivity index (χ0v) is 25.7. The third-order valence-corrected chi connectivity index (χ3v) is 8.77. The van der Waals surface area contributed by atoms with Crippen molar-refractivity contribution in [2.75, 3.05) is 25.5 Å². The van der Waals surface area contributed by atoms with Gasteiger partial charge < -0.3 is 4.48 Å². The lowest BCUT2D eigenvalue weighted by Crippen LogP contribution is -2.53. The Balaban J connectivity index is 4.73. The maximum atomic E-state index is 12.1. The van der Waals surface area contributed by atoms with E-state index in [-0.39, 0.29) is 5.88 Å². The molecular weight excluding hydrogens is 466 g/mol. The average Bonchev–Trinajstić information content (AvgIpc) is 2.83. The first kappa shape index (κ1) is 35.9. The molecular formula is C31H66NO3S+. The highest BCUT2D eigenvalue weighted by molar-refractivity contribution is 7.85. The molecule has 0 aromatic carbocycles. The van der Waals surface area contributed by atoms with Gasteiger partial charge in [-0.2, -0.15) is 8.42 Å². The van der Waals surface area contributed by atoms with Crippen LogP contribution in [0.5, 0.6) is 0 Å². The predicted molar refractivity (Wildman–Crippen MR) is 159 cm³/mol. The summed E-state index contributed by atoms with van der Waals surface area (Å²) >= 11 is 0. The highest BCUT2D eigenvalue weighted by Crippen LogP contribution is 2.20. The summed E-state index contributed by atoms with van der Waals surface area (Å²) in [5.74, 6) is -0.0868. The van der Waals surface area contributed by atoms with Crippen LogP contribution < -0.4 is 0 Å². The zero-order chi connectivity index (χ0) is 26.8. The summed E-state index contributed by atoms with van der Waals surface area (Å²) in [5, 5.41) is 0. The normalized spacial score (nSPS) is 12.4. The molecule has 4 nitrogen and oxygen atoms in total. The van der Waals surface area contributed by atoms with Gasteiger partial charge in [-0.15, -0.1) is 0 Å². The van der Waals surface area contributed by atoms with E-state index in [0.29, 0.717) is 4.48 Å². The summed E-state index contributed by atoms with van der Waals surface area (Å²) in [5.41, 5.74) is 0. The minimum atomic E-state index is -3.98. The molecule has 0 bridgehead atoms. The molecule has 0 heterocycles. The molecule has 0 aromatic heterocycles. The molecule has 0 aromatic rings. The van der Waals surface area contributed by atoms with Crippen LogP contribution in [0.2, 0.25) is 0 Å². The lowest BCUT2D eigenvalue weighted by atomic mass is 10.1. The molecule has 0 amide bonds. The number of hydrogen-bond donors (Lipinski definition) is 1. The van der Waals surface area contributed by atoms with Crippen LogP contribution in [0.15, 0.2) is 0 Å². The first-order valence-electron chi connectivity index (χ1n) is 16.2. The molecule has 1 N–H and O–H groups in total. The highest BCUT2D eigenvalue weighted by atomic mass is 32.2. The first-order valence-corrected chi connectivity index (χ1v) is 17.8. The van der Waals surface area contributed by atoms with Crippen molar-refractivity contribution >= 4 is 10.1 Å². The Kier molecular flexibility index (Phi) is 25.1. The topological polar surface area (TPSA) is 54.4 Å². The van der Waals surface area contributed by atoms with Crippen LogP contribution in [0.1, 0.15) is 175 Å². The third kappa shape index (κ3) is 24.2. The molecule has 0 spiro atoms. The summed E-state index contributed by atoms with van der Waals surface area (Å²) in [7, 11) is -3.98. The Labute approximate surface area is 227 Å². The van der Waals surface area contributed by atoms with Crippen molar-refractivity contribution in [3.8, 4) is 0 Å². The lowest BCUT2D eigenvalue weighted by molar-refractivity contribution is -0.918. The molecule has 0 saturated carbocycles. The Morgan fingerprint density at radius 2 is 0.639 bits per heavy atom. The monoisotopic (exact) mass is 532 g/mol. The van der Waals surface area contributed by atoms with E-state index in [1.165, 1.54) is 135 Å². The van der Waals surface area contributed by atoms with Gasteiger partial charge in [-0.3, -0.25) is 4.55 Å². The van der Waals surface area contributed by atoms with Crippen LogP contribution in [-0.4, -0.2) is 43.0 Å². The van der Waals surface area contributed by atoms with Crippen molar-refractivity contribution in [3.63, 3.8) is 0 Å². The largest absolute Gasteiger partial charge is 0.316 e. The maximum absolute atomic E-state index is 12.1. The Morgan fingerprint density at radius 3 is 0.861 bits per heavy atom. The Bertz CT molecular complexity index is 500. The summed E-state index contributed by atoms with van der Waals surface area (Å²) in [6.07, 6.45) is 30.4. The quantitative estimate of drug-likeness (QED) is 0.0592. The van der Waals surface area contributed by atoms with E-state index in [2.05, 4.69) is 20.8 Å². The molecule has 0 aliphatic heterocycles. The Morgan fingerprint density at radius 1 is 0.417 bits per heavy atom. The fourth-order valence-corrected chi connectivity index (χ4v) is 6.70. The highest BCUT2D eigenvalue weighted by Gasteiger charge is 2.31. The molecule has 0 unspecified atom stereocenters. The Hall–Kier alpha value is -0.130. The van der Waals surface area contributed by atoms with Crippen LogP contribution in [0.4, 0.5) is 0 Å². The van der Waals surface area contributed by atoms with Crippen molar-refractivity contribution in [2.45, 2.75) is 175 Å². The van der Waals surface area contributed by atoms with Crippen molar-refractivity contribution in [2.24, 2.45) is 0 Å². The predicted octanol–water partition coefficient (Wildman–Crippen LogP) is 10.1. The van der Waals surface area contributed by atoms with E-state index in [0.717, 1.165) is 38.9 Å². The number of hydrogen-bond acceptors (Lipinski definition) is 2. The third-order valence-electron chi connectivity index (χ3n) is 7.90. The van der Waals surface area contributed by atoms with Crippen molar-refractivity contribution in [1.29, 1.82) is 0 Å². The molecule has 5 heteroatoms. The van der Waals surface area contributed by atoms with Crippen LogP contribution >= 0.6 is 0 Å². The van der Waals surface area contributed by atoms with E-state index >= 15 is 0 Å². The van der Waals surface area contributed by atoms with E-state index in [1.807, 2.05) is 0 Å². The first-order chi connectivity index (χ1) is 17.4. The second-order valence-electron chi connectivity index (χ2n) is 11.6. The van der Waals surface area contributed by atoms with E-state index in [9.17, 15) is 13.0 Å². The number of nitrogens with zero attached hydrogens (tertiary/aromatic N) is 1. The van der Waals surface area contributed by atoms with E-state index < -0.39 is 10.1 Å². The summed E-state index contributed by atoms with van der Waals surface area (Å²) in [6.45, 7) is 9.48. The second-order valence-corrected chi connectivity index (χ2v) is 13.1.